The third-order valence-electron chi connectivity index (χ3n) is 4.35. The summed E-state index contributed by atoms with van der Waals surface area (Å²) in [6, 6.07) is 0. The monoisotopic (exact) mass is 318 g/mol. The quantitative estimate of drug-likeness (QED) is 0.789. The number of sulfonamides is 1. The van der Waals surface area contributed by atoms with E-state index in [2.05, 4.69) is 0 Å². The van der Waals surface area contributed by atoms with Gasteiger partial charge in [-0.15, -0.1) is 0 Å². The van der Waals surface area contributed by atoms with Crippen molar-refractivity contribution in [1.29, 1.82) is 0 Å². The number of amides is 1. The molecule has 0 aromatic carbocycles. The summed E-state index contributed by atoms with van der Waals surface area (Å²) in [5, 5.41) is 9.06. The van der Waals surface area contributed by atoms with Crippen molar-refractivity contribution < 1.29 is 23.1 Å². The summed E-state index contributed by atoms with van der Waals surface area (Å²) >= 11 is 0. The molecule has 2 aliphatic heterocycles. The molecule has 1 N–H and O–H groups in total. The Morgan fingerprint density at radius 1 is 1.05 bits per heavy atom. The number of likely N-dealkylation sites (tertiary alicyclic amines) is 1. The fourth-order valence-electron chi connectivity index (χ4n) is 3.07. The van der Waals surface area contributed by atoms with Gasteiger partial charge in [-0.25, -0.2) is 12.7 Å². The Hall–Kier alpha value is -1.15. The second kappa shape index (κ2) is 6.31. The molecule has 120 valence electrons. The highest BCUT2D eigenvalue weighted by Gasteiger charge is 2.34. The summed E-state index contributed by atoms with van der Waals surface area (Å²) in [7, 11) is -3.19. The van der Waals surface area contributed by atoms with Gasteiger partial charge in [0, 0.05) is 32.1 Å². The van der Waals surface area contributed by atoms with Gasteiger partial charge in [-0.2, -0.15) is 0 Å². The molecule has 1 atom stereocenters. The first kappa shape index (κ1) is 16.2. The number of aliphatic carboxylic acids is 1. The molecule has 0 radical (unpaired) electrons. The molecule has 2 heterocycles. The maximum absolute atomic E-state index is 12.4. The lowest BCUT2D eigenvalue weighted by atomic mass is 9.93. The van der Waals surface area contributed by atoms with Crippen LogP contribution in [0.5, 0.6) is 0 Å². The van der Waals surface area contributed by atoms with E-state index in [9.17, 15) is 18.0 Å². The fourth-order valence-corrected chi connectivity index (χ4v) is 3.95. The highest BCUT2D eigenvalue weighted by atomic mass is 32.2. The molecule has 2 fully saturated rings. The number of carbonyl (C=O) groups is 2. The number of carboxylic acid groups (broad SMARTS) is 1. The van der Waals surface area contributed by atoms with Crippen molar-refractivity contribution in [2.45, 2.75) is 25.7 Å². The lowest BCUT2D eigenvalue weighted by Crippen LogP contribution is -2.48. The van der Waals surface area contributed by atoms with Crippen molar-refractivity contribution in [2.75, 3.05) is 32.4 Å². The van der Waals surface area contributed by atoms with Crippen LogP contribution in [0.25, 0.3) is 0 Å². The number of carboxylic acids is 1. The average Bonchev–Trinajstić information content (AvgIpc) is 2.46. The zero-order valence-electron chi connectivity index (χ0n) is 12.2. The maximum Gasteiger partial charge on any atom is 0.308 e. The van der Waals surface area contributed by atoms with Gasteiger partial charge < -0.3 is 10.0 Å². The molecular weight excluding hydrogens is 296 g/mol. The van der Waals surface area contributed by atoms with Crippen LogP contribution in [0, 0.1) is 11.8 Å². The SMILES string of the molecule is CS(=O)(=O)N1CCC(C(=O)N2CCC[C@@H](C(=O)O)C2)CC1. The molecule has 2 saturated heterocycles. The van der Waals surface area contributed by atoms with Crippen molar-refractivity contribution >= 4 is 21.9 Å². The Bertz CT molecular complexity index is 511. The van der Waals surface area contributed by atoms with Gasteiger partial charge in [-0.3, -0.25) is 9.59 Å². The zero-order chi connectivity index (χ0) is 15.6. The first-order chi connectivity index (χ1) is 9.79. The van der Waals surface area contributed by atoms with Crippen molar-refractivity contribution in [1.82, 2.24) is 9.21 Å². The number of nitrogens with zero attached hydrogens (tertiary/aromatic N) is 2. The minimum Gasteiger partial charge on any atom is -0.481 e. The molecule has 0 bridgehead atoms. The Balaban J connectivity index is 1.91. The molecule has 2 aliphatic rings. The number of rotatable bonds is 3. The Morgan fingerprint density at radius 3 is 2.19 bits per heavy atom. The highest BCUT2D eigenvalue weighted by Crippen LogP contribution is 2.24. The summed E-state index contributed by atoms with van der Waals surface area (Å²) in [5.41, 5.74) is 0. The van der Waals surface area contributed by atoms with Gasteiger partial charge in [0.25, 0.3) is 0 Å². The lowest BCUT2D eigenvalue weighted by molar-refractivity contribution is -0.147. The van der Waals surface area contributed by atoms with Crippen LogP contribution in [0.1, 0.15) is 25.7 Å². The molecule has 0 saturated carbocycles. The standard InChI is InChI=1S/C13H22N2O5S/c1-21(19,20)15-7-4-10(5-8-15)12(16)14-6-2-3-11(9-14)13(17)18/h10-11H,2-9H2,1H3,(H,17,18)/t11-/m1/s1. The molecule has 7 nitrogen and oxygen atoms in total. The minimum absolute atomic E-state index is 0.0194. The first-order valence-corrected chi connectivity index (χ1v) is 9.10. The normalized spacial score (nSPS) is 25.8. The highest BCUT2D eigenvalue weighted by molar-refractivity contribution is 7.88. The Labute approximate surface area is 125 Å². The lowest BCUT2D eigenvalue weighted by Gasteiger charge is -2.36. The second-order valence-corrected chi connectivity index (χ2v) is 7.88. The van der Waals surface area contributed by atoms with Gasteiger partial charge in [-0.05, 0) is 25.7 Å². The topological polar surface area (TPSA) is 95.0 Å². The van der Waals surface area contributed by atoms with E-state index in [0.717, 1.165) is 0 Å². The zero-order valence-corrected chi connectivity index (χ0v) is 13.0. The molecule has 0 aliphatic carbocycles. The smallest absolute Gasteiger partial charge is 0.308 e. The van der Waals surface area contributed by atoms with E-state index in [-0.39, 0.29) is 18.4 Å². The summed E-state index contributed by atoms with van der Waals surface area (Å²) in [5.74, 6) is -1.53. The van der Waals surface area contributed by atoms with Crippen molar-refractivity contribution in [3.05, 3.63) is 0 Å². The van der Waals surface area contributed by atoms with Gasteiger partial charge in [0.2, 0.25) is 15.9 Å². The van der Waals surface area contributed by atoms with E-state index in [0.29, 0.717) is 45.3 Å². The molecule has 0 aromatic rings. The third kappa shape index (κ3) is 3.94. The average molecular weight is 318 g/mol. The van der Waals surface area contributed by atoms with E-state index in [4.69, 9.17) is 5.11 Å². The summed E-state index contributed by atoms with van der Waals surface area (Å²) < 4.78 is 24.3. The van der Waals surface area contributed by atoms with Crippen molar-refractivity contribution in [3.8, 4) is 0 Å². The van der Waals surface area contributed by atoms with E-state index >= 15 is 0 Å². The molecule has 1 amide bonds. The minimum atomic E-state index is -3.19. The van der Waals surface area contributed by atoms with E-state index in [1.165, 1.54) is 10.6 Å². The van der Waals surface area contributed by atoms with Gasteiger partial charge in [0.15, 0.2) is 0 Å². The van der Waals surface area contributed by atoms with Crippen LogP contribution in [0.3, 0.4) is 0 Å². The number of piperidine rings is 2. The molecular formula is C13H22N2O5S. The van der Waals surface area contributed by atoms with E-state index in [1.807, 2.05) is 0 Å². The van der Waals surface area contributed by atoms with Gasteiger partial charge in [0.05, 0.1) is 12.2 Å². The molecule has 0 spiro atoms. The number of hydrogen-bond acceptors (Lipinski definition) is 4. The van der Waals surface area contributed by atoms with Crippen LogP contribution in [-0.4, -0.2) is 67.0 Å². The third-order valence-corrected chi connectivity index (χ3v) is 5.66. The predicted octanol–water partition coefficient (Wildman–Crippen LogP) is -0.0188. The number of carbonyl (C=O) groups excluding carboxylic acids is 1. The molecule has 8 heteroatoms. The fraction of sp³-hybridized carbons (Fsp3) is 0.846. The largest absolute Gasteiger partial charge is 0.481 e. The van der Waals surface area contributed by atoms with Crippen LogP contribution in [0.15, 0.2) is 0 Å². The molecule has 21 heavy (non-hydrogen) atoms. The van der Waals surface area contributed by atoms with E-state index < -0.39 is 21.9 Å². The first-order valence-electron chi connectivity index (χ1n) is 7.25. The Kier molecular flexibility index (Phi) is 4.88. The molecule has 0 aromatic heterocycles. The van der Waals surface area contributed by atoms with Crippen LogP contribution in [-0.2, 0) is 19.6 Å². The summed E-state index contributed by atoms with van der Waals surface area (Å²) in [4.78, 5) is 25.1. The maximum atomic E-state index is 12.4. The van der Waals surface area contributed by atoms with Crippen molar-refractivity contribution in [3.63, 3.8) is 0 Å². The van der Waals surface area contributed by atoms with Crippen LogP contribution < -0.4 is 0 Å². The Morgan fingerprint density at radius 2 is 1.67 bits per heavy atom. The predicted molar refractivity (Wildman–Crippen MR) is 76.1 cm³/mol. The van der Waals surface area contributed by atoms with Gasteiger partial charge in [-0.1, -0.05) is 0 Å². The van der Waals surface area contributed by atoms with Crippen LogP contribution >= 0.6 is 0 Å². The summed E-state index contributed by atoms with van der Waals surface area (Å²) in [6.45, 7) is 1.62. The molecule has 0 unspecified atom stereocenters. The van der Waals surface area contributed by atoms with Crippen LogP contribution in [0.4, 0.5) is 0 Å². The van der Waals surface area contributed by atoms with E-state index in [1.54, 1.807) is 4.90 Å². The summed E-state index contributed by atoms with van der Waals surface area (Å²) in [6.07, 6.45) is 3.54. The van der Waals surface area contributed by atoms with Crippen molar-refractivity contribution in [2.24, 2.45) is 11.8 Å². The number of hydrogen-bond donors (Lipinski definition) is 1. The van der Waals surface area contributed by atoms with Gasteiger partial charge >= 0.3 is 5.97 Å². The molecule has 2 rings (SSSR count). The van der Waals surface area contributed by atoms with Crippen LogP contribution in [0.2, 0.25) is 0 Å². The van der Waals surface area contributed by atoms with Gasteiger partial charge in [0.1, 0.15) is 0 Å². The second-order valence-electron chi connectivity index (χ2n) is 5.90.